The van der Waals surface area contributed by atoms with E-state index in [2.05, 4.69) is 59.2 Å². The molecular weight excluding hydrogens is 478 g/mol. The van der Waals surface area contributed by atoms with Gasteiger partial charge in [0.25, 0.3) is 5.91 Å². The number of piperazine rings is 1. The summed E-state index contributed by atoms with van der Waals surface area (Å²) < 4.78 is 6.08. The lowest BCUT2D eigenvalue weighted by atomic mass is 10.1. The molecule has 1 aromatic heterocycles. The Morgan fingerprint density at radius 3 is 2.66 bits per heavy atom. The van der Waals surface area contributed by atoms with E-state index in [0.717, 1.165) is 80.1 Å². The molecule has 1 unspecified atom stereocenters. The fraction of sp³-hybridized carbons (Fsp3) is 0.467. The lowest BCUT2D eigenvalue weighted by molar-refractivity contribution is -0.119. The number of ether oxygens (including phenoxy) is 1. The molecule has 8 nitrogen and oxygen atoms in total. The number of carbonyl (C=O) groups is 2. The van der Waals surface area contributed by atoms with Gasteiger partial charge in [0.05, 0.1) is 11.1 Å². The third-order valence-electron chi connectivity index (χ3n) is 7.88. The van der Waals surface area contributed by atoms with Crippen molar-refractivity contribution in [1.29, 1.82) is 0 Å². The lowest BCUT2D eigenvalue weighted by Gasteiger charge is -2.34. The summed E-state index contributed by atoms with van der Waals surface area (Å²) in [6.45, 7) is 10.4. The molecule has 0 radical (unpaired) electrons. The second-order valence-corrected chi connectivity index (χ2v) is 10.7. The molecule has 0 aliphatic carbocycles. The van der Waals surface area contributed by atoms with Crippen LogP contribution in [0.4, 0.5) is 0 Å². The van der Waals surface area contributed by atoms with Gasteiger partial charge in [0.15, 0.2) is 0 Å². The van der Waals surface area contributed by atoms with Crippen LogP contribution in [0.15, 0.2) is 42.5 Å². The zero-order chi connectivity index (χ0) is 26.6. The number of likely N-dealkylation sites (N-methyl/N-ethyl adjacent to an activating group) is 1. The van der Waals surface area contributed by atoms with Crippen LogP contribution in [0.2, 0.25) is 0 Å². The molecular formula is C30H39N5O3. The maximum absolute atomic E-state index is 13.3. The van der Waals surface area contributed by atoms with Crippen molar-refractivity contribution in [1.82, 2.24) is 25.0 Å². The van der Waals surface area contributed by atoms with Crippen LogP contribution in [0.3, 0.4) is 0 Å². The Hall–Kier alpha value is -3.36. The molecule has 2 fully saturated rings. The van der Waals surface area contributed by atoms with E-state index in [0.29, 0.717) is 13.0 Å². The van der Waals surface area contributed by atoms with Crippen LogP contribution in [0.25, 0.3) is 10.9 Å². The molecule has 0 bridgehead atoms. The highest BCUT2D eigenvalue weighted by Gasteiger charge is 2.24. The first kappa shape index (κ1) is 26.3. The maximum atomic E-state index is 13.3. The van der Waals surface area contributed by atoms with Gasteiger partial charge in [0.2, 0.25) is 5.91 Å². The topological polar surface area (TPSA) is 80.9 Å². The van der Waals surface area contributed by atoms with E-state index < -0.39 is 0 Å². The van der Waals surface area contributed by atoms with Gasteiger partial charge >= 0.3 is 0 Å². The smallest absolute Gasteiger partial charge is 0.256 e. The average molecular weight is 518 g/mol. The Labute approximate surface area is 224 Å². The largest absolute Gasteiger partial charge is 0.492 e. The van der Waals surface area contributed by atoms with Crippen molar-refractivity contribution in [3.05, 3.63) is 64.8 Å². The maximum Gasteiger partial charge on any atom is 0.256 e. The van der Waals surface area contributed by atoms with E-state index >= 15 is 0 Å². The molecule has 202 valence electrons. The average Bonchev–Trinajstić information content (AvgIpc) is 3.45. The Morgan fingerprint density at radius 1 is 1.11 bits per heavy atom. The molecule has 3 aromatic rings. The van der Waals surface area contributed by atoms with Crippen LogP contribution in [-0.2, 0) is 11.3 Å². The molecule has 3 heterocycles. The Bertz CT molecular complexity index is 1290. The molecule has 2 aliphatic rings. The van der Waals surface area contributed by atoms with Crippen molar-refractivity contribution in [3.63, 3.8) is 0 Å². The van der Waals surface area contributed by atoms with Crippen molar-refractivity contribution < 1.29 is 14.3 Å². The molecule has 8 heteroatoms. The second-order valence-electron chi connectivity index (χ2n) is 10.7. The van der Waals surface area contributed by atoms with E-state index in [1.807, 2.05) is 29.2 Å². The minimum Gasteiger partial charge on any atom is -0.492 e. The lowest BCUT2D eigenvalue weighted by Crippen LogP contribution is -2.49. The van der Waals surface area contributed by atoms with Crippen LogP contribution >= 0.6 is 0 Å². The number of rotatable bonds is 9. The van der Waals surface area contributed by atoms with Crippen molar-refractivity contribution in [3.8, 4) is 5.75 Å². The number of carbonyl (C=O) groups excluding carboxylic acids is 2. The molecule has 2 saturated heterocycles. The quantitative estimate of drug-likeness (QED) is 0.455. The number of hydrogen-bond donors (Lipinski definition) is 2. The van der Waals surface area contributed by atoms with Crippen LogP contribution in [0.1, 0.15) is 40.0 Å². The van der Waals surface area contributed by atoms with Crippen LogP contribution in [0.5, 0.6) is 5.75 Å². The van der Waals surface area contributed by atoms with Crippen molar-refractivity contribution in [2.45, 2.75) is 39.3 Å². The summed E-state index contributed by atoms with van der Waals surface area (Å²) in [5.74, 6) is 1.14. The fourth-order valence-electron chi connectivity index (χ4n) is 5.60. The molecule has 5 rings (SSSR count). The number of fused-ring (bicyclic) bond motifs is 1. The molecule has 0 spiro atoms. The first-order chi connectivity index (χ1) is 18.4. The Kier molecular flexibility index (Phi) is 8.00. The summed E-state index contributed by atoms with van der Waals surface area (Å²) in [6, 6.07) is 14.5. The summed E-state index contributed by atoms with van der Waals surface area (Å²) in [5, 5.41) is 4.16. The molecule has 1 atom stereocenters. The van der Waals surface area contributed by atoms with E-state index in [1.54, 1.807) is 0 Å². The summed E-state index contributed by atoms with van der Waals surface area (Å²) in [7, 11) is 2.09. The highest BCUT2D eigenvalue weighted by atomic mass is 16.5. The monoisotopic (exact) mass is 517 g/mol. The van der Waals surface area contributed by atoms with Crippen molar-refractivity contribution in [2.75, 3.05) is 52.9 Å². The molecule has 2 amide bonds. The van der Waals surface area contributed by atoms with Crippen molar-refractivity contribution in [2.24, 2.45) is 0 Å². The molecule has 0 saturated carbocycles. The van der Waals surface area contributed by atoms with Crippen LogP contribution in [-0.4, -0.2) is 90.5 Å². The summed E-state index contributed by atoms with van der Waals surface area (Å²) >= 11 is 0. The summed E-state index contributed by atoms with van der Waals surface area (Å²) in [5.41, 5.74) is 5.22. The van der Waals surface area contributed by atoms with Gasteiger partial charge in [0, 0.05) is 69.4 Å². The number of amides is 2. The number of para-hydroxylation sites is 1. The number of aromatic nitrogens is 1. The third-order valence-corrected chi connectivity index (χ3v) is 7.88. The highest BCUT2D eigenvalue weighted by molar-refractivity contribution is 6.06. The zero-order valence-corrected chi connectivity index (χ0v) is 22.8. The van der Waals surface area contributed by atoms with E-state index in [9.17, 15) is 9.59 Å². The van der Waals surface area contributed by atoms with Gasteiger partial charge in [-0.25, -0.2) is 0 Å². The SMILES string of the molecule is Cc1[nH]c2c(C(=O)N3CCN(CCOc4cccc(CN(C)CC5CCC(=O)N5)c4)CC3)cccc2c1C. The first-order valence-corrected chi connectivity index (χ1v) is 13.7. The minimum atomic E-state index is 0.102. The minimum absolute atomic E-state index is 0.102. The van der Waals surface area contributed by atoms with Gasteiger partial charge in [-0.2, -0.15) is 0 Å². The van der Waals surface area contributed by atoms with Crippen molar-refractivity contribution >= 4 is 22.7 Å². The predicted octanol–water partition coefficient (Wildman–Crippen LogP) is 3.33. The van der Waals surface area contributed by atoms with Gasteiger partial charge in [-0.05, 0) is 56.6 Å². The standard InChI is InChI=1S/C30H39N5O3/c1-21-22(2)31-29-26(21)8-5-9-27(29)30(37)35-14-12-34(13-15-35)16-17-38-25-7-4-6-23(18-25)19-33(3)20-24-10-11-28(36)32-24/h4-9,18,24,31H,10-17,19-20H2,1-3H3,(H,32,36). The number of H-pyrrole nitrogens is 1. The number of aryl methyl sites for hydroxylation is 2. The van der Waals surface area contributed by atoms with Gasteiger partial charge in [-0.1, -0.05) is 24.3 Å². The van der Waals surface area contributed by atoms with Gasteiger partial charge < -0.3 is 24.8 Å². The van der Waals surface area contributed by atoms with Gasteiger partial charge in [-0.15, -0.1) is 0 Å². The molecule has 2 aliphatic heterocycles. The first-order valence-electron chi connectivity index (χ1n) is 13.7. The highest BCUT2D eigenvalue weighted by Crippen LogP contribution is 2.25. The second kappa shape index (κ2) is 11.6. The molecule has 38 heavy (non-hydrogen) atoms. The van der Waals surface area contributed by atoms with Gasteiger partial charge in [0.1, 0.15) is 12.4 Å². The number of aromatic amines is 1. The normalized spacial score (nSPS) is 18.4. The summed E-state index contributed by atoms with van der Waals surface area (Å²) in [6.07, 6.45) is 1.55. The third kappa shape index (κ3) is 6.03. The van der Waals surface area contributed by atoms with Gasteiger partial charge in [-0.3, -0.25) is 14.5 Å². The predicted molar refractivity (Wildman–Crippen MR) is 150 cm³/mol. The van der Waals surface area contributed by atoms with Crippen LogP contribution < -0.4 is 10.1 Å². The Morgan fingerprint density at radius 2 is 1.89 bits per heavy atom. The fourth-order valence-corrected chi connectivity index (χ4v) is 5.60. The number of nitrogens with one attached hydrogen (secondary N) is 2. The van der Waals surface area contributed by atoms with E-state index in [-0.39, 0.29) is 17.9 Å². The number of nitrogens with zero attached hydrogens (tertiary/aromatic N) is 3. The zero-order valence-electron chi connectivity index (χ0n) is 22.8. The molecule has 2 N–H and O–H groups in total. The van der Waals surface area contributed by atoms with E-state index in [4.69, 9.17) is 4.74 Å². The Balaban J connectivity index is 1.07. The summed E-state index contributed by atoms with van der Waals surface area (Å²) in [4.78, 5) is 34.7. The number of benzene rings is 2. The van der Waals surface area contributed by atoms with E-state index in [1.165, 1.54) is 11.1 Å². The molecule has 2 aromatic carbocycles. The van der Waals surface area contributed by atoms with Crippen LogP contribution in [0, 0.1) is 13.8 Å². The number of hydrogen-bond acceptors (Lipinski definition) is 5.